The maximum atomic E-state index is 12.8. The van der Waals surface area contributed by atoms with Crippen LogP contribution in [0.25, 0.3) is 0 Å². The zero-order valence-electron chi connectivity index (χ0n) is 13.9. The summed E-state index contributed by atoms with van der Waals surface area (Å²) in [5.74, 6) is 0.0508. The van der Waals surface area contributed by atoms with Gasteiger partial charge in [-0.3, -0.25) is 4.79 Å². The van der Waals surface area contributed by atoms with Crippen LogP contribution in [0.1, 0.15) is 9.67 Å². The minimum atomic E-state index is -3.66. The normalized spacial score (nSPS) is 15.6. The Balaban J connectivity index is 1.90. The van der Waals surface area contributed by atoms with Crippen molar-refractivity contribution < 1.29 is 22.7 Å². The molecule has 1 fully saturated rings. The number of anilines is 1. The highest BCUT2D eigenvalue weighted by atomic mass is 79.9. The lowest BCUT2D eigenvalue weighted by Crippen LogP contribution is -2.40. The molecule has 0 saturated carbocycles. The monoisotopic (exact) mass is 460 g/mol. The number of benzene rings is 1. The number of rotatable bonds is 5. The molecule has 2 heterocycles. The van der Waals surface area contributed by atoms with Gasteiger partial charge in [0.1, 0.15) is 5.75 Å². The standard InChI is InChI=1S/C16H17BrN2O5S2/c1-23-13-3-2-11(26(21,22)19-6-8-24-9-7-19)10-12(13)18-16(20)14-4-5-15(17)25-14/h2-5,10H,6-9H2,1H3,(H,18,20). The van der Waals surface area contributed by atoms with Crippen molar-refractivity contribution >= 4 is 48.9 Å². The second-order valence-electron chi connectivity index (χ2n) is 5.44. The molecule has 0 atom stereocenters. The van der Waals surface area contributed by atoms with Crippen LogP contribution in [-0.2, 0) is 14.8 Å². The summed E-state index contributed by atoms with van der Waals surface area (Å²) in [6.45, 7) is 1.34. The van der Waals surface area contributed by atoms with Gasteiger partial charge in [-0.1, -0.05) is 0 Å². The predicted molar refractivity (Wildman–Crippen MR) is 103 cm³/mol. The quantitative estimate of drug-likeness (QED) is 0.741. The fourth-order valence-electron chi connectivity index (χ4n) is 2.50. The molecule has 26 heavy (non-hydrogen) atoms. The van der Waals surface area contributed by atoms with E-state index in [2.05, 4.69) is 21.2 Å². The maximum Gasteiger partial charge on any atom is 0.265 e. The van der Waals surface area contributed by atoms with Crippen molar-refractivity contribution in [2.75, 3.05) is 38.7 Å². The minimum absolute atomic E-state index is 0.0999. The molecule has 1 aliphatic heterocycles. The smallest absolute Gasteiger partial charge is 0.265 e. The first-order chi connectivity index (χ1) is 12.4. The summed E-state index contributed by atoms with van der Waals surface area (Å²) in [6, 6.07) is 7.89. The Morgan fingerprint density at radius 3 is 2.62 bits per heavy atom. The molecule has 0 spiro atoms. The summed E-state index contributed by atoms with van der Waals surface area (Å²) < 4.78 is 38.3. The number of sulfonamides is 1. The Kier molecular flexibility index (Phi) is 5.98. The molecule has 1 saturated heterocycles. The van der Waals surface area contributed by atoms with E-state index in [-0.39, 0.29) is 10.8 Å². The van der Waals surface area contributed by atoms with Crippen LogP contribution in [0, 0.1) is 0 Å². The number of nitrogens with zero attached hydrogens (tertiary/aromatic N) is 1. The highest BCUT2D eigenvalue weighted by Gasteiger charge is 2.27. The summed E-state index contributed by atoms with van der Waals surface area (Å²) >= 11 is 4.60. The fraction of sp³-hybridized carbons (Fsp3) is 0.312. The Bertz CT molecular complexity index is 907. The number of morpholine rings is 1. The molecule has 0 bridgehead atoms. The van der Waals surface area contributed by atoms with Crippen LogP contribution < -0.4 is 10.1 Å². The SMILES string of the molecule is COc1ccc(S(=O)(=O)N2CCOCC2)cc1NC(=O)c1ccc(Br)s1. The van der Waals surface area contributed by atoms with Gasteiger partial charge in [0, 0.05) is 13.1 Å². The van der Waals surface area contributed by atoms with E-state index < -0.39 is 10.0 Å². The van der Waals surface area contributed by atoms with E-state index in [0.29, 0.717) is 42.6 Å². The van der Waals surface area contributed by atoms with Crippen LogP contribution in [0.5, 0.6) is 5.75 Å². The number of methoxy groups -OCH3 is 1. The van der Waals surface area contributed by atoms with Crippen molar-refractivity contribution in [2.45, 2.75) is 4.90 Å². The lowest BCUT2D eigenvalue weighted by atomic mass is 10.3. The van der Waals surface area contributed by atoms with Gasteiger partial charge in [0.15, 0.2) is 0 Å². The molecule has 0 radical (unpaired) electrons. The third-order valence-corrected chi connectivity index (χ3v) is 7.34. The van der Waals surface area contributed by atoms with E-state index in [4.69, 9.17) is 9.47 Å². The van der Waals surface area contributed by atoms with Crippen LogP contribution in [-0.4, -0.2) is 52.0 Å². The number of amides is 1. The molecule has 1 amide bonds. The molecule has 2 aromatic rings. The number of hydrogen-bond donors (Lipinski definition) is 1. The van der Waals surface area contributed by atoms with Crippen molar-refractivity contribution in [2.24, 2.45) is 0 Å². The van der Waals surface area contributed by atoms with Crippen LogP contribution >= 0.6 is 27.3 Å². The van der Waals surface area contributed by atoms with Crippen molar-refractivity contribution in [3.63, 3.8) is 0 Å². The largest absolute Gasteiger partial charge is 0.495 e. The van der Waals surface area contributed by atoms with Crippen LogP contribution in [0.15, 0.2) is 39.0 Å². The van der Waals surface area contributed by atoms with Crippen LogP contribution in [0.2, 0.25) is 0 Å². The molecule has 1 aliphatic rings. The van der Waals surface area contributed by atoms with Crippen LogP contribution in [0.3, 0.4) is 0 Å². The number of halogens is 1. The topological polar surface area (TPSA) is 84.9 Å². The van der Waals surface area contributed by atoms with Gasteiger partial charge in [0.2, 0.25) is 10.0 Å². The molecular weight excluding hydrogens is 444 g/mol. The molecule has 3 rings (SSSR count). The molecule has 0 aliphatic carbocycles. The summed E-state index contributed by atoms with van der Waals surface area (Å²) in [5.41, 5.74) is 0.302. The molecule has 1 aromatic carbocycles. The Morgan fingerprint density at radius 1 is 1.27 bits per heavy atom. The average molecular weight is 461 g/mol. The number of carbonyl (C=O) groups is 1. The van der Waals surface area contributed by atoms with Gasteiger partial charge in [0.25, 0.3) is 5.91 Å². The number of nitrogens with one attached hydrogen (secondary N) is 1. The van der Waals surface area contributed by atoms with Crippen molar-refractivity contribution in [1.29, 1.82) is 0 Å². The van der Waals surface area contributed by atoms with E-state index in [1.807, 2.05) is 0 Å². The summed E-state index contributed by atoms with van der Waals surface area (Å²) in [7, 11) is -2.20. The van der Waals surface area contributed by atoms with E-state index in [1.54, 1.807) is 12.1 Å². The Hall–Kier alpha value is -1.46. The van der Waals surface area contributed by atoms with Gasteiger partial charge in [0.05, 0.1) is 39.6 Å². The third-order valence-electron chi connectivity index (χ3n) is 3.82. The van der Waals surface area contributed by atoms with E-state index in [9.17, 15) is 13.2 Å². The first kappa shape index (κ1) is 19.3. The molecule has 140 valence electrons. The minimum Gasteiger partial charge on any atom is -0.495 e. The van der Waals surface area contributed by atoms with Gasteiger partial charge in [-0.25, -0.2) is 8.42 Å². The van der Waals surface area contributed by atoms with E-state index >= 15 is 0 Å². The van der Waals surface area contributed by atoms with Gasteiger partial charge in [-0.15, -0.1) is 11.3 Å². The highest BCUT2D eigenvalue weighted by molar-refractivity contribution is 9.11. The molecule has 1 N–H and O–H groups in total. The van der Waals surface area contributed by atoms with Crippen LogP contribution in [0.4, 0.5) is 5.69 Å². The molecule has 7 nitrogen and oxygen atoms in total. The number of hydrogen-bond acceptors (Lipinski definition) is 6. The zero-order chi connectivity index (χ0) is 18.7. The Morgan fingerprint density at radius 2 is 2.00 bits per heavy atom. The molecular formula is C16H17BrN2O5S2. The zero-order valence-corrected chi connectivity index (χ0v) is 17.1. The van der Waals surface area contributed by atoms with Crippen molar-refractivity contribution in [3.05, 3.63) is 39.0 Å². The summed E-state index contributed by atoms with van der Waals surface area (Å²) in [5, 5.41) is 2.72. The summed E-state index contributed by atoms with van der Waals surface area (Å²) in [4.78, 5) is 13.0. The van der Waals surface area contributed by atoms with Crippen molar-refractivity contribution in [3.8, 4) is 5.75 Å². The number of ether oxygens (including phenoxy) is 2. The van der Waals surface area contributed by atoms with Gasteiger partial charge >= 0.3 is 0 Å². The summed E-state index contributed by atoms with van der Waals surface area (Å²) in [6.07, 6.45) is 0. The van der Waals surface area contributed by atoms with Gasteiger partial charge in [-0.2, -0.15) is 4.31 Å². The average Bonchev–Trinajstić information content (AvgIpc) is 3.09. The molecule has 1 aromatic heterocycles. The Labute approximate surface area is 164 Å². The number of carbonyl (C=O) groups excluding carboxylic acids is 1. The van der Waals surface area contributed by atoms with Gasteiger partial charge < -0.3 is 14.8 Å². The van der Waals surface area contributed by atoms with E-state index in [0.717, 1.165) is 3.79 Å². The lowest BCUT2D eigenvalue weighted by Gasteiger charge is -2.26. The van der Waals surface area contributed by atoms with Gasteiger partial charge in [-0.05, 0) is 46.3 Å². The highest BCUT2D eigenvalue weighted by Crippen LogP contribution is 2.30. The van der Waals surface area contributed by atoms with Crippen molar-refractivity contribution in [1.82, 2.24) is 4.31 Å². The van der Waals surface area contributed by atoms with E-state index in [1.165, 1.54) is 41.0 Å². The number of thiophene rings is 1. The maximum absolute atomic E-state index is 12.8. The molecule has 10 heteroatoms. The second kappa shape index (κ2) is 8.05. The first-order valence-corrected chi connectivity index (χ1v) is 10.8. The fourth-order valence-corrected chi connectivity index (χ4v) is 5.22. The predicted octanol–water partition coefficient (Wildman–Crippen LogP) is 2.79. The first-order valence-electron chi connectivity index (χ1n) is 7.74. The lowest BCUT2D eigenvalue weighted by molar-refractivity contribution is 0.0730. The molecule has 0 unspecified atom stereocenters. The third kappa shape index (κ3) is 4.09. The second-order valence-corrected chi connectivity index (χ2v) is 9.84.